The van der Waals surface area contributed by atoms with Gasteiger partial charge in [0.25, 0.3) is 0 Å². The van der Waals surface area contributed by atoms with E-state index in [4.69, 9.17) is 5.11 Å². The Hall–Kier alpha value is -1.02. The largest absolute Gasteiger partial charge is 0.401 e. The predicted octanol–water partition coefficient (Wildman–Crippen LogP) is 1.82. The van der Waals surface area contributed by atoms with E-state index in [1.807, 2.05) is 0 Å². The van der Waals surface area contributed by atoms with Gasteiger partial charge in [0.15, 0.2) is 0 Å². The van der Waals surface area contributed by atoms with E-state index >= 15 is 0 Å². The molecule has 0 bridgehead atoms. The Kier molecular flexibility index (Phi) is 6.52. The molecule has 1 saturated carbocycles. The fourth-order valence-electron chi connectivity index (χ4n) is 3.57. The minimum absolute atomic E-state index is 0.0733. The average molecular weight is 337 g/mol. The molecular weight excluding hydrogens is 311 g/mol. The van der Waals surface area contributed by atoms with E-state index in [0.717, 1.165) is 19.3 Å². The third kappa shape index (κ3) is 5.84. The van der Waals surface area contributed by atoms with Crippen LogP contribution in [0.15, 0.2) is 0 Å². The van der Waals surface area contributed by atoms with Gasteiger partial charge in [-0.25, -0.2) is 4.79 Å². The van der Waals surface area contributed by atoms with E-state index in [9.17, 15) is 18.0 Å². The van der Waals surface area contributed by atoms with Crippen molar-refractivity contribution in [3.8, 4) is 0 Å². The van der Waals surface area contributed by atoms with E-state index in [2.05, 4.69) is 5.32 Å². The number of rotatable bonds is 4. The van der Waals surface area contributed by atoms with Gasteiger partial charge in [-0.15, -0.1) is 0 Å². The van der Waals surface area contributed by atoms with Crippen LogP contribution < -0.4 is 5.32 Å². The molecule has 1 aliphatic heterocycles. The Labute approximate surface area is 134 Å². The minimum Gasteiger partial charge on any atom is -0.396 e. The van der Waals surface area contributed by atoms with Crippen molar-refractivity contribution < 1.29 is 23.1 Å². The van der Waals surface area contributed by atoms with Crippen LogP contribution in [-0.4, -0.2) is 72.5 Å². The number of nitrogens with zero attached hydrogens (tertiary/aromatic N) is 2. The van der Waals surface area contributed by atoms with Crippen LogP contribution in [-0.2, 0) is 0 Å². The van der Waals surface area contributed by atoms with Gasteiger partial charge in [-0.1, -0.05) is 6.42 Å². The number of carbonyl (C=O) groups excluding carboxylic acids is 1. The number of aliphatic hydroxyl groups excluding tert-OH is 1. The lowest BCUT2D eigenvalue weighted by Crippen LogP contribution is -2.47. The molecule has 2 N–H and O–H groups in total. The third-order valence-corrected chi connectivity index (χ3v) is 4.75. The monoisotopic (exact) mass is 337 g/mol. The number of hydrogen-bond donors (Lipinski definition) is 2. The Morgan fingerprint density at radius 2 is 1.91 bits per heavy atom. The molecule has 0 aromatic rings. The van der Waals surface area contributed by atoms with Crippen LogP contribution in [0.2, 0.25) is 0 Å². The van der Waals surface area contributed by atoms with Gasteiger partial charge in [0, 0.05) is 38.8 Å². The molecule has 23 heavy (non-hydrogen) atoms. The average Bonchev–Trinajstić information content (AvgIpc) is 2.75. The number of hydrogen-bond acceptors (Lipinski definition) is 3. The van der Waals surface area contributed by atoms with Gasteiger partial charge >= 0.3 is 12.2 Å². The molecule has 8 heteroatoms. The van der Waals surface area contributed by atoms with Gasteiger partial charge in [-0.05, 0) is 31.6 Å². The van der Waals surface area contributed by atoms with Crippen LogP contribution in [0, 0.1) is 5.92 Å². The summed E-state index contributed by atoms with van der Waals surface area (Å²) in [5.41, 5.74) is 0. The number of aliphatic hydroxyl groups is 1. The molecule has 1 saturated heterocycles. The van der Waals surface area contributed by atoms with Crippen LogP contribution in [0.4, 0.5) is 18.0 Å². The molecule has 2 fully saturated rings. The zero-order valence-corrected chi connectivity index (χ0v) is 13.3. The fourth-order valence-corrected chi connectivity index (χ4v) is 3.57. The maximum absolute atomic E-state index is 12.5. The zero-order chi connectivity index (χ0) is 16.9. The standard InChI is InChI=1S/C15H26F3N3O2/c16-15(17,18)11-20-6-2-7-21(9-8-20)14(23)19-13-4-1-3-12(13)5-10-22/h12-13,22H,1-11H2,(H,19,23)/t12-,13+/m1/s1. The molecule has 2 rings (SSSR count). The van der Waals surface area contributed by atoms with Crippen LogP contribution in [0.25, 0.3) is 0 Å². The second kappa shape index (κ2) is 8.19. The summed E-state index contributed by atoms with van der Waals surface area (Å²) in [7, 11) is 0. The van der Waals surface area contributed by atoms with Crippen molar-refractivity contribution in [3.05, 3.63) is 0 Å². The summed E-state index contributed by atoms with van der Waals surface area (Å²) in [5.74, 6) is 0.303. The molecule has 2 aliphatic rings. The third-order valence-electron chi connectivity index (χ3n) is 4.75. The van der Waals surface area contributed by atoms with Crippen LogP contribution in [0.5, 0.6) is 0 Å². The molecule has 134 valence electrons. The number of alkyl halides is 3. The van der Waals surface area contributed by atoms with Crippen molar-refractivity contribution >= 4 is 6.03 Å². The summed E-state index contributed by atoms with van der Waals surface area (Å²) >= 11 is 0. The summed E-state index contributed by atoms with van der Waals surface area (Å²) in [5, 5.41) is 12.1. The molecule has 0 radical (unpaired) electrons. The summed E-state index contributed by atoms with van der Waals surface area (Å²) in [6.45, 7) is 0.616. The SMILES string of the molecule is O=C(N[C@H]1CCC[C@@H]1CCO)N1CCCN(CC(F)(F)F)CC1. The summed E-state index contributed by atoms with van der Waals surface area (Å²) in [6.07, 6.45) is -0.0123. The Morgan fingerprint density at radius 3 is 2.61 bits per heavy atom. The molecule has 2 amide bonds. The number of carbonyl (C=O) groups is 1. The first-order valence-electron chi connectivity index (χ1n) is 8.34. The molecule has 1 aliphatic carbocycles. The first-order chi connectivity index (χ1) is 10.9. The van der Waals surface area contributed by atoms with Gasteiger partial charge < -0.3 is 15.3 Å². The van der Waals surface area contributed by atoms with Crippen molar-refractivity contribution in [2.24, 2.45) is 5.92 Å². The number of halogens is 3. The highest BCUT2D eigenvalue weighted by Gasteiger charge is 2.33. The van der Waals surface area contributed by atoms with Gasteiger partial charge in [0.05, 0.1) is 6.54 Å². The van der Waals surface area contributed by atoms with E-state index < -0.39 is 12.7 Å². The highest BCUT2D eigenvalue weighted by Crippen LogP contribution is 2.28. The molecule has 1 heterocycles. The van der Waals surface area contributed by atoms with E-state index in [1.165, 1.54) is 4.90 Å². The fraction of sp³-hybridized carbons (Fsp3) is 0.933. The van der Waals surface area contributed by atoms with Crippen LogP contribution in [0.3, 0.4) is 0 Å². The molecule has 0 aromatic heterocycles. The summed E-state index contributed by atoms with van der Waals surface area (Å²) < 4.78 is 37.4. The molecule has 0 spiro atoms. The second-order valence-corrected chi connectivity index (χ2v) is 6.49. The highest BCUT2D eigenvalue weighted by atomic mass is 19.4. The van der Waals surface area contributed by atoms with Crippen LogP contribution >= 0.6 is 0 Å². The van der Waals surface area contributed by atoms with Crippen molar-refractivity contribution in [2.45, 2.75) is 44.3 Å². The Morgan fingerprint density at radius 1 is 1.13 bits per heavy atom. The maximum Gasteiger partial charge on any atom is 0.401 e. The zero-order valence-electron chi connectivity index (χ0n) is 13.3. The maximum atomic E-state index is 12.5. The molecule has 2 atom stereocenters. The Balaban J connectivity index is 1.81. The summed E-state index contributed by atoms with van der Waals surface area (Å²) in [6, 6.07) is -0.113. The van der Waals surface area contributed by atoms with Gasteiger partial charge in [0.2, 0.25) is 0 Å². The molecule has 0 aromatic carbocycles. The number of urea groups is 1. The molecule has 5 nitrogen and oxygen atoms in total. The number of amides is 2. The number of nitrogens with one attached hydrogen (secondary N) is 1. The van der Waals surface area contributed by atoms with E-state index in [0.29, 0.717) is 38.4 Å². The topological polar surface area (TPSA) is 55.8 Å². The van der Waals surface area contributed by atoms with Gasteiger partial charge in [0.1, 0.15) is 0 Å². The van der Waals surface area contributed by atoms with Crippen molar-refractivity contribution in [3.63, 3.8) is 0 Å². The first kappa shape index (κ1) is 18.3. The lowest BCUT2D eigenvalue weighted by molar-refractivity contribution is -0.145. The van der Waals surface area contributed by atoms with Crippen LogP contribution in [0.1, 0.15) is 32.1 Å². The highest BCUT2D eigenvalue weighted by molar-refractivity contribution is 5.74. The predicted molar refractivity (Wildman–Crippen MR) is 80.0 cm³/mol. The van der Waals surface area contributed by atoms with Crippen molar-refractivity contribution in [1.82, 2.24) is 15.1 Å². The van der Waals surface area contributed by atoms with Gasteiger partial charge in [-0.2, -0.15) is 13.2 Å². The quantitative estimate of drug-likeness (QED) is 0.823. The normalized spacial score (nSPS) is 27.0. The second-order valence-electron chi connectivity index (χ2n) is 6.49. The van der Waals surface area contributed by atoms with E-state index in [-0.39, 0.29) is 25.2 Å². The Bertz CT molecular complexity index is 393. The van der Waals surface area contributed by atoms with Crippen molar-refractivity contribution in [2.75, 3.05) is 39.3 Å². The minimum atomic E-state index is -4.20. The first-order valence-corrected chi connectivity index (χ1v) is 8.34. The summed E-state index contributed by atoms with van der Waals surface area (Å²) in [4.78, 5) is 15.3. The van der Waals surface area contributed by atoms with E-state index in [1.54, 1.807) is 4.90 Å². The lowest BCUT2D eigenvalue weighted by Gasteiger charge is -2.26. The molecular formula is C15H26F3N3O2. The smallest absolute Gasteiger partial charge is 0.396 e. The van der Waals surface area contributed by atoms with Crippen molar-refractivity contribution in [1.29, 1.82) is 0 Å². The lowest BCUT2D eigenvalue weighted by atomic mass is 10.0. The molecule has 0 unspecified atom stereocenters. The van der Waals surface area contributed by atoms with Gasteiger partial charge in [-0.3, -0.25) is 4.90 Å².